The van der Waals surface area contributed by atoms with Crippen LogP contribution >= 0.6 is 0 Å². The van der Waals surface area contributed by atoms with Crippen LogP contribution in [0.5, 0.6) is 0 Å². The Morgan fingerprint density at radius 3 is 2.05 bits per heavy atom. The molecule has 116 valence electrons. The van der Waals surface area contributed by atoms with E-state index in [1.54, 1.807) is 29.2 Å². The molecule has 1 N–H and O–H groups in total. The summed E-state index contributed by atoms with van der Waals surface area (Å²) in [4.78, 5) is 26.7. The maximum absolute atomic E-state index is 12.8. The minimum absolute atomic E-state index is 0.0219. The van der Waals surface area contributed by atoms with Gasteiger partial charge in [0.25, 0.3) is 5.91 Å². The molecule has 0 atom stereocenters. The predicted molar refractivity (Wildman–Crippen MR) is 83.5 cm³/mol. The lowest BCUT2D eigenvalue weighted by molar-refractivity contribution is 0.0639. The molecular weight excluding hydrogens is 266 g/mol. The van der Waals surface area contributed by atoms with E-state index in [2.05, 4.69) is 0 Å². The van der Waals surface area contributed by atoms with Crippen LogP contribution in [0, 0.1) is 0 Å². The molecule has 0 aliphatic rings. The van der Waals surface area contributed by atoms with Crippen LogP contribution in [0.4, 0.5) is 0 Å². The van der Waals surface area contributed by atoms with E-state index in [-0.39, 0.29) is 36.8 Å². The number of rotatable bonds is 7. The standard InChI is InChI=1S/C17H25NO3/c1-12(2)18(13(3)4)17(21)15-9-6-5-8-14(15)16(20)10-7-11-19/h5-6,8-9,12-13,19H,7,10-11H2,1-4H3. The first-order chi connectivity index (χ1) is 9.90. The van der Waals surface area contributed by atoms with Crippen molar-refractivity contribution in [3.05, 3.63) is 35.4 Å². The summed E-state index contributed by atoms with van der Waals surface area (Å²) in [6.45, 7) is 7.84. The van der Waals surface area contributed by atoms with Gasteiger partial charge in [0, 0.05) is 30.7 Å². The molecule has 0 saturated heterocycles. The Morgan fingerprint density at radius 1 is 1.05 bits per heavy atom. The average Bonchev–Trinajstić information content (AvgIpc) is 2.43. The summed E-state index contributed by atoms with van der Waals surface area (Å²) < 4.78 is 0. The Kier molecular flexibility index (Phi) is 6.56. The third-order valence-corrected chi connectivity index (χ3v) is 3.37. The Hall–Kier alpha value is -1.68. The van der Waals surface area contributed by atoms with Crippen molar-refractivity contribution < 1.29 is 14.7 Å². The summed E-state index contributed by atoms with van der Waals surface area (Å²) in [5.74, 6) is -0.214. The van der Waals surface area contributed by atoms with Crippen molar-refractivity contribution in [3.8, 4) is 0 Å². The minimum Gasteiger partial charge on any atom is -0.396 e. The molecule has 0 spiro atoms. The van der Waals surface area contributed by atoms with Gasteiger partial charge in [0.2, 0.25) is 0 Å². The molecule has 1 aromatic carbocycles. The van der Waals surface area contributed by atoms with Gasteiger partial charge in [-0.2, -0.15) is 0 Å². The molecule has 21 heavy (non-hydrogen) atoms. The average molecular weight is 291 g/mol. The van der Waals surface area contributed by atoms with Gasteiger partial charge in [0.1, 0.15) is 0 Å². The van der Waals surface area contributed by atoms with Gasteiger partial charge in [-0.1, -0.05) is 18.2 Å². The molecule has 0 bridgehead atoms. The third kappa shape index (κ3) is 4.39. The Morgan fingerprint density at radius 2 is 1.57 bits per heavy atom. The molecule has 0 fully saturated rings. The Balaban J connectivity index is 3.12. The molecule has 0 aliphatic heterocycles. The minimum atomic E-state index is -0.118. The van der Waals surface area contributed by atoms with Crippen molar-refractivity contribution in [2.45, 2.75) is 52.6 Å². The van der Waals surface area contributed by atoms with Gasteiger partial charge in [-0.25, -0.2) is 0 Å². The first-order valence-electron chi connectivity index (χ1n) is 7.45. The normalized spacial score (nSPS) is 11.0. The number of Topliss-reactive ketones (excluding diaryl/α,β-unsaturated/α-hetero) is 1. The molecule has 0 unspecified atom stereocenters. The van der Waals surface area contributed by atoms with Crippen LogP contribution in [0.2, 0.25) is 0 Å². The number of ketones is 1. The van der Waals surface area contributed by atoms with Gasteiger partial charge < -0.3 is 10.0 Å². The monoisotopic (exact) mass is 291 g/mol. The largest absolute Gasteiger partial charge is 0.396 e. The van der Waals surface area contributed by atoms with E-state index in [1.807, 2.05) is 27.7 Å². The first kappa shape index (κ1) is 17.4. The number of nitrogens with zero attached hydrogens (tertiary/aromatic N) is 1. The first-order valence-corrected chi connectivity index (χ1v) is 7.45. The number of carbonyl (C=O) groups excluding carboxylic acids is 2. The second kappa shape index (κ2) is 7.93. The number of amides is 1. The van der Waals surface area contributed by atoms with Gasteiger partial charge >= 0.3 is 0 Å². The van der Waals surface area contributed by atoms with Gasteiger partial charge in [0.15, 0.2) is 5.78 Å². The molecule has 1 rings (SSSR count). The predicted octanol–water partition coefficient (Wildman–Crippen LogP) is 2.90. The highest BCUT2D eigenvalue weighted by Crippen LogP contribution is 2.18. The van der Waals surface area contributed by atoms with Crippen molar-refractivity contribution in [2.24, 2.45) is 0 Å². The lowest BCUT2D eigenvalue weighted by Gasteiger charge is -2.31. The van der Waals surface area contributed by atoms with Gasteiger partial charge in [0.05, 0.1) is 5.56 Å². The molecule has 0 heterocycles. The lowest BCUT2D eigenvalue weighted by atomic mass is 9.99. The molecule has 0 radical (unpaired) electrons. The van der Waals surface area contributed by atoms with E-state index in [1.165, 1.54) is 0 Å². The SMILES string of the molecule is CC(C)N(C(=O)c1ccccc1C(=O)CCCO)C(C)C. The van der Waals surface area contributed by atoms with Gasteiger partial charge in [-0.05, 0) is 40.2 Å². The number of aliphatic hydroxyl groups is 1. The molecule has 0 aromatic heterocycles. The van der Waals surface area contributed by atoms with E-state index >= 15 is 0 Å². The zero-order valence-corrected chi connectivity index (χ0v) is 13.3. The molecule has 4 nitrogen and oxygen atoms in total. The number of benzene rings is 1. The Labute approximate surface area is 126 Å². The summed E-state index contributed by atoms with van der Waals surface area (Å²) in [7, 11) is 0. The molecule has 0 saturated carbocycles. The molecule has 1 aromatic rings. The highest BCUT2D eigenvalue weighted by molar-refractivity contribution is 6.08. The number of carbonyl (C=O) groups is 2. The van der Waals surface area contributed by atoms with Crippen molar-refractivity contribution >= 4 is 11.7 Å². The summed E-state index contributed by atoms with van der Waals surface area (Å²) in [5, 5.41) is 8.85. The summed E-state index contributed by atoms with van der Waals surface area (Å²) >= 11 is 0. The van der Waals surface area contributed by atoms with Crippen molar-refractivity contribution in [2.75, 3.05) is 6.61 Å². The van der Waals surface area contributed by atoms with Crippen LogP contribution in [0.3, 0.4) is 0 Å². The highest BCUT2D eigenvalue weighted by atomic mass is 16.3. The van der Waals surface area contributed by atoms with E-state index in [0.29, 0.717) is 17.5 Å². The summed E-state index contributed by atoms with van der Waals surface area (Å²) in [6.07, 6.45) is 0.670. The van der Waals surface area contributed by atoms with Crippen LogP contribution in [0.25, 0.3) is 0 Å². The number of aliphatic hydroxyl groups excluding tert-OH is 1. The van der Waals surface area contributed by atoms with Crippen LogP contribution in [-0.2, 0) is 0 Å². The molecular formula is C17H25NO3. The third-order valence-electron chi connectivity index (χ3n) is 3.37. The van der Waals surface area contributed by atoms with E-state index in [0.717, 1.165) is 0 Å². The summed E-state index contributed by atoms with van der Waals surface area (Å²) in [5.41, 5.74) is 0.894. The zero-order valence-electron chi connectivity index (χ0n) is 13.3. The molecule has 1 amide bonds. The fourth-order valence-corrected chi connectivity index (χ4v) is 2.49. The summed E-state index contributed by atoms with van der Waals surface area (Å²) in [6, 6.07) is 7.06. The van der Waals surface area contributed by atoms with Gasteiger partial charge in [-0.15, -0.1) is 0 Å². The fourth-order valence-electron chi connectivity index (χ4n) is 2.49. The molecule has 0 aliphatic carbocycles. The van der Waals surface area contributed by atoms with Crippen LogP contribution < -0.4 is 0 Å². The van der Waals surface area contributed by atoms with Crippen molar-refractivity contribution in [1.82, 2.24) is 4.90 Å². The van der Waals surface area contributed by atoms with Gasteiger partial charge in [-0.3, -0.25) is 9.59 Å². The molecule has 4 heteroatoms. The van der Waals surface area contributed by atoms with E-state index in [4.69, 9.17) is 5.11 Å². The van der Waals surface area contributed by atoms with Crippen molar-refractivity contribution in [1.29, 1.82) is 0 Å². The maximum Gasteiger partial charge on any atom is 0.255 e. The van der Waals surface area contributed by atoms with E-state index < -0.39 is 0 Å². The quantitative estimate of drug-likeness (QED) is 0.786. The zero-order chi connectivity index (χ0) is 16.0. The maximum atomic E-state index is 12.8. The van der Waals surface area contributed by atoms with Crippen LogP contribution in [0.15, 0.2) is 24.3 Å². The highest BCUT2D eigenvalue weighted by Gasteiger charge is 2.25. The second-order valence-corrected chi connectivity index (χ2v) is 5.70. The van der Waals surface area contributed by atoms with Crippen LogP contribution in [0.1, 0.15) is 61.3 Å². The van der Waals surface area contributed by atoms with E-state index in [9.17, 15) is 9.59 Å². The second-order valence-electron chi connectivity index (χ2n) is 5.70. The lowest BCUT2D eigenvalue weighted by Crippen LogP contribution is -2.42. The smallest absolute Gasteiger partial charge is 0.255 e. The van der Waals surface area contributed by atoms with Crippen molar-refractivity contribution in [3.63, 3.8) is 0 Å². The topological polar surface area (TPSA) is 57.6 Å². The number of hydrogen-bond acceptors (Lipinski definition) is 3. The number of hydrogen-bond donors (Lipinski definition) is 1. The Bertz CT molecular complexity index is 487. The fraction of sp³-hybridized carbons (Fsp3) is 0.529. The van der Waals surface area contributed by atoms with Crippen LogP contribution in [-0.4, -0.2) is 40.4 Å².